The first-order valence-corrected chi connectivity index (χ1v) is 8.97. The standard InChI is InChI=1S/C17H13ClN2O4S.Na/c1-10-8-14(16(9-13(10)18)25(22,23)24)19-20-17-12-5-3-2-4-11(12)6-7-15(17)21;/h2-9,21H,1H3,(H,22,23,24);/q;+1/p-1. The second-order valence-corrected chi connectivity index (χ2v) is 7.17. The van der Waals surface area contributed by atoms with E-state index in [1.54, 1.807) is 25.1 Å². The molecule has 3 aromatic rings. The molecule has 3 aromatic carbocycles. The van der Waals surface area contributed by atoms with Gasteiger partial charge in [-0.3, -0.25) is 4.55 Å². The molecular formula is C17H12ClN2NaO4S. The summed E-state index contributed by atoms with van der Waals surface area (Å²) < 4.78 is 32.4. The van der Waals surface area contributed by atoms with Gasteiger partial charge in [-0.2, -0.15) is 13.5 Å². The van der Waals surface area contributed by atoms with E-state index in [-0.39, 0.29) is 51.7 Å². The van der Waals surface area contributed by atoms with Crippen LogP contribution in [0.15, 0.2) is 63.7 Å². The van der Waals surface area contributed by atoms with Crippen molar-refractivity contribution >= 4 is 43.9 Å². The molecule has 6 nitrogen and oxygen atoms in total. The Balaban J connectivity index is 0.00000243. The van der Waals surface area contributed by atoms with Crippen molar-refractivity contribution in [3.63, 3.8) is 0 Å². The molecule has 0 bridgehead atoms. The minimum atomic E-state index is -4.55. The molecule has 0 spiro atoms. The third kappa shape index (κ3) is 4.25. The Morgan fingerprint density at radius 2 is 1.77 bits per heavy atom. The van der Waals surface area contributed by atoms with E-state index in [4.69, 9.17) is 11.6 Å². The summed E-state index contributed by atoms with van der Waals surface area (Å²) >= 11 is 5.91. The molecule has 0 aromatic heterocycles. The molecule has 0 aliphatic rings. The Kier molecular flexibility index (Phi) is 6.44. The van der Waals surface area contributed by atoms with Gasteiger partial charge in [-0.1, -0.05) is 53.7 Å². The number of benzene rings is 3. The van der Waals surface area contributed by atoms with E-state index in [1.807, 2.05) is 12.1 Å². The van der Waals surface area contributed by atoms with Crippen LogP contribution in [0, 0.1) is 6.92 Å². The fourth-order valence-corrected chi connectivity index (χ4v) is 3.23. The number of hydrogen-bond donors (Lipinski definition) is 1. The third-order valence-corrected chi connectivity index (χ3v) is 4.93. The zero-order valence-electron chi connectivity index (χ0n) is 14.0. The zero-order chi connectivity index (χ0) is 18.2. The number of aryl methyl sites for hydroxylation is 1. The first-order valence-electron chi connectivity index (χ1n) is 7.15. The Morgan fingerprint density at radius 1 is 1.08 bits per heavy atom. The second kappa shape index (κ2) is 8.04. The van der Waals surface area contributed by atoms with E-state index in [0.29, 0.717) is 10.9 Å². The summed E-state index contributed by atoms with van der Waals surface area (Å²) in [5, 5.41) is 21.5. The van der Waals surface area contributed by atoms with Crippen LogP contribution in [0.1, 0.15) is 5.56 Å². The molecule has 3 rings (SSSR count). The Morgan fingerprint density at radius 3 is 2.46 bits per heavy atom. The van der Waals surface area contributed by atoms with Crippen molar-refractivity contribution in [2.75, 3.05) is 0 Å². The fraction of sp³-hybridized carbons (Fsp3) is 0.0588. The molecule has 0 heterocycles. The molecule has 0 unspecified atom stereocenters. The maximum Gasteiger partial charge on any atom is 1.00 e. The van der Waals surface area contributed by atoms with E-state index in [2.05, 4.69) is 10.2 Å². The molecule has 0 fully saturated rings. The number of azo groups is 1. The van der Waals surface area contributed by atoms with Crippen molar-refractivity contribution in [2.45, 2.75) is 11.8 Å². The van der Waals surface area contributed by atoms with Crippen molar-refractivity contribution in [3.05, 3.63) is 59.1 Å². The van der Waals surface area contributed by atoms with E-state index in [0.717, 1.165) is 11.5 Å². The molecular weight excluding hydrogens is 387 g/mol. The summed E-state index contributed by atoms with van der Waals surface area (Å²) in [5.41, 5.74) is 0.548. The van der Waals surface area contributed by atoms with Gasteiger partial charge in [-0.25, -0.2) is 0 Å². The fourth-order valence-electron chi connectivity index (χ4n) is 2.37. The van der Waals surface area contributed by atoms with Crippen LogP contribution in [0.25, 0.3) is 10.8 Å². The molecule has 0 radical (unpaired) electrons. The molecule has 0 atom stereocenters. The van der Waals surface area contributed by atoms with Crippen LogP contribution in [0.3, 0.4) is 0 Å². The van der Waals surface area contributed by atoms with Gasteiger partial charge < -0.3 is 5.11 Å². The van der Waals surface area contributed by atoms with Gasteiger partial charge in [0.15, 0.2) is 0 Å². The quantitative estimate of drug-likeness (QED) is 0.410. The first-order chi connectivity index (χ1) is 11.8. The van der Waals surface area contributed by atoms with Crippen molar-refractivity contribution in [2.24, 2.45) is 10.2 Å². The topological polar surface area (TPSA) is 102 Å². The van der Waals surface area contributed by atoms with Crippen LogP contribution in [0.2, 0.25) is 5.02 Å². The van der Waals surface area contributed by atoms with Gasteiger partial charge in [0.2, 0.25) is 0 Å². The van der Waals surface area contributed by atoms with E-state index >= 15 is 0 Å². The van der Waals surface area contributed by atoms with E-state index in [1.165, 1.54) is 12.1 Å². The van der Waals surface area contributed by atoms with Gasteiger partial charge in [0.25, 0.3) is 10.1 Å². The van der Waals surface area contributed by atoms with Gasteiger partial charge in [-0.05, 0) is 30.0 Å². The largest absolute Gasteiger partial charge is 1.00 e. The van der Waals surface area contributed by atoms with Crippen LogP contribution in [0.5, 0.6) is 5.75 Å². The maximum absolute atomic E-state index is 12.1. The molecule has 9 heteroatoms. The molecule has 1 N–H and O–H groups in total. The monoisotopic (exact) mass is 398 g/mol. The van der Waals surface area contributed by atoms with Crippen LogP contribution >= 0.6 is 11.6 Å². The predicted octanol–water partition coefficient (Wildman–Crippen LogP) is 1.54. The van der Waals surface area contributed by atoms with Gasteiger partial charge in [-0.15, -0.1) is 5.11 Å². The Hall–Kier alpha value is -1.48. The van der Waals surface area contributed by atoms with Crippen LogP contribution in [-0.2, 0) is 10.1 Å². The van der Waals surface area contributed by atoms with Crippen LogP contribution in [0.4, 0.5) is 11.4 Å². The van der Waals surface area contributed by atoms with E-state index < -0.39 is 15.0 Å². The molecule has 0 aliphatic carbocycles. The molecule has 0 saturated carbocycles. The number of hydrogen-bond acceptors (Lipinski definition) is 5. The number of fused-ring (bicyclic) bond motifs is 1. The Labute approximate surface area is 177 Å². The van der Waals surface area contributed by atoms with E-state index in [9.17, 15) is 18.1 Å². The maximum atomic E-state index is 12.1. The molecule has 0 amide bonds. The normalized spacial score (nSPS) is 11.7. The van der Waals surface area contributed by atoms with Gasteiger partial charge in [0.1, 0.15) is 10.6 Å². The predicted molar refractivity (Wildman–Crippen MR) is 93.6 cm³/mol. The second-order valence-electron chi connectivity index (χ2n) is 5.38. The summed E-state index contributed by atoms with van der Waals surface area (Å²) in [4.78, 5) is -0.473. The van der Waals surface area contributed by atoms with Gasteiger partial charge >= 0.3 is 29.6 Å². The van der Waals surface area contributed by atoms with Crippen LogP contribution < -0.4 is 34.7 Å². The minimum absolute atomic E-state index is 0. The zero-order valence-corrected chi connectivity index (χ0v) is 17.5. The number of halogens is 1. The summed E-state index contributed by atoms with van der Waals surface area (Å²) in [7, 11) is -4.55. The van der Waals surface area contributed by atoms with Crippen molar-refractivity contribution < 1.29 is 47.6 Å². The van der Waals surface area contributed by atoms with Gasteiger partial charge in [0, 0.05) is 10.4 Å². The third-order valence-electron chi connectivity index (χ3n) is 3.64. The number of nitrogens with zero attached hydrogens (tertiary/aromatic N) is 2. The summed E-state index contributed by atoms with van der Waals surface area (Å²) in [6, 6.07) is 12.7. The summed E-state index contributed by atoms with van der Waals surface area (Å²) in [5.74, 6) is -0.346. The van der Waals surface area contributed by atoms with Crippen LogP contribution in [-0.4, -0.2) is 13.0 Å². The summed E-state index contributed by atoms with van der Waals surface area (Å²) in [6.07, 6.45) is 0. The van der Waals surface area contributed by atoms with Crippen molar-refractivity contribution in [1.82, 2.24) is 0 Å². The molecule has 0 aliphatic heterocycles. The number of rotatable bonds is 3. The SMILES string of the molecule is Cc1cc(N=Nc2c([O-])ccc3ccccc23)c(S(=O)(=O)O)cc1Cl.[Na+]. The minimum Gasteiger partial charge on any atom is -0.871 e. The average molecular weight is 399 g/mol. The summed E-state index contributed by atoms with van der Waals surface area (Å²) in [6.45, 7) is 1.66. The van der Waals surface area contributed by atoms with Crippen molar-refractivity contribution in [3.8, 4) is 5.75 Å². The van der Waals surface area contributed by atoms with Gasteiger partial charge in [0.05, 0.1) is 5.69 Å². The average Bonchev–Trinajstić information content (AvgIpc) is 2.55. The molecule has 0 saturated heterocycles. The molecule has 26 heavy (non-hydrogen) atoms. The smallest absolute Gasteiger partial charge is 0.871 e. The van der Waals surface area contributed by atoms with Crippen molar-refractivity contribution in [1.29, 1.82) is 0 Å². The Bertz CT molecular complexity index is 1120. The molecule has 128 valence electrons. The first kappa shape index (κ1) is 20.8.